The minimum atomic E-state index is 0.188. The normalized spacial score (nSPS) is 22.4. The maximum atomic E-state index is 11.3. The van der Waals surface area contributed by atoms with Crippen LogP contribution < -0.4 is 4.90 Å². The minimum Gasteiger partial charge on any atom is -0.346 e. The number of nitrogens with zero attached hydrogens (tertiary/aromatic N) is 3. The SMILES string of the molecule is CC(=O)C1CCCN(c2nncs2)C1. The van der Waals surface area contributed by atoms with Gasteiger partial charge >= 0.3 is 0 Å². The Bertz CT molecular complexity index is 312. The van der Waals surface area contributed by atoms with Crippen molar-refractivity contribution in [1.82, 2.24) is 10.2 Å². The van der Waals surface area contributed by atoms with Crippen LogP contribution in [0.2, 0.25) is 0 Å². The first kappa shape index (κ1) is 9.58. The number of ketones is 1. The number of piperidine rings is 1. The zero-order valence-electron chi connectivity index (χ0n) is 8.14. The van der Waals surface area contributed by atoms with E-state index in [1.54, 1.807) is 12.4 Å². The summed E-state index contributed by atoms with van der Waals surface area (Å²) in [6, 6.07) is 0. The molecule has 1 aromatic rings. The molecule has 1 aliphatic rings. The van der Waals surface area contributed by atoms with Crippen molar-refractivity contribution in [3.63, 3.8) is 0 Å². The molecule has 0 spiro atoms. The fourth-order valence-corrected chi connectivity index (χ4v) is 2.39. The molecule has 76 valence electrons. The molecule has 1 saturated heterocycles. The highest BCUT2D eigenvalue weighted by molar-refractivity contribution is 7.13. The fourth-order valence-electron chi connectivity index (χ4n) is 1.79. The van der Waals surface area contributed by atoms with Crippen molar-refractivity contribution < 1.29 is 4.79 Å². The van der Waals surface area contributed by atoms with Crippen LogP contribution in [0.4, 0.5) is 5.13 Å². The molecule has 1 aromatic heterocycles. The van der Waals surface area contributed by atoms with E-state index in [1.165, 1.54) is 11.3 Å². The van der Waals surface area contributed by atoms with E-state index in [1.807, 2.05) is 0 Å². The highest BCUT2D eigenvalue weighted by Crippen LogP contribution is 2.24. The summed E-state index contributed by atoms with van der Waals surface area (Å²) in [4.78, 5) is 13.4. The van der Waals surface area contributed by atoms with Crippen molar-refractivity contribution in [3.8, 4) is 0 Å². The number of hydrogen-bond donors (Lipinski definition) is 0. The van der Waals surface area contributed by atoms with Gasteiger partial charge in [0.15, 0.2) is 0 Å². The van der Waals surface area contributed by atoms with Gasteiger partial charge in [0.1, 0.15) is 11.3 Å². The van der Waals surface area contributed by atoms with Crippen LogP contribution in [0.15, 0.2) is 5.51 Å². The lowest BCUT2D eigenvalue weighted by atomic mass is 9.95. The first-order chi connectivity index (χ1) is 6.77. The Kier molecular flexibility index (Phi) is 2.77. The first-order valence-electron chi connectivity index (χ1n) is 4.79. The number of carbonyl (C=O) groups excluding carboxylic acids is 1. The van der Waals surface area contributed by atoms with Crippen molar-refractivity contribution >= 4 is 22.3 Å². The molecule has 5 heteroatoms. The van der Waals surface area contributed by atoms with E-state index in [2.05, 4.69) is 15.1 Å². The minimum absolute atomic E-state index is 0.188. The second kappa shape index (κ2) is 4.04. The summed E-state index contributed by atoms with van der Waals surface area (Å²) in [7, 11) is 0. The molecule has 1 atom stereocenters. The van der Waals surface area contributed by atoms with Gasteiger partial charge in [-0.15, -0.1) is 10.2 Å². The summed E-state index contributed by atoms with van der Waals surface area (Å²) in [5, 5.41) is 8.77. The van der Waals surface area contributed by atoms with Gasteiger partial charge in [0.25, 0.3) is 0 Å². The lowest BCUT2D eigenvalue weighted by molar-refractivity contribution is -0.120. The third-order valence-electron chi connectivity index (χ3n) is 2.62. The molecule has 2 rings (SSSR count). The van der Waals surface area contributed by atoms with Crippen molar-refractivity contribution in [2.24, 2.45) is 5.92 Å². The van der Waals surface area contributed by atoms with Gasteiger partial charge in [-0.25, -0.2) is 0 Å². The summed E-state index contributed by atoms with van der Waals surface area (Å²) < 4.78 is 0. The van der Waals surface area contributed by atoms with E-state index in [0.29, 0.717) is 5.78 Å². The first-order valence-corrected chi connectivity index (χ1v) is 5.67. The number of aromatic nitrogens is 2. The molecule has 0 radical (unpaired) electrons. The number of hydrogen-bond acceptors (Lipinski definition) is 5. The summed E-state index contributed by atoms with van der Waals surface area (Å²) in [5.74, 6) is 0.479. The topological polar surface area (TPSA) is 46.1 Å². The van der Waals surface area contributed by atoms with Crippen molar-refractivity contribution in [3.05, 3.63) is 5.51 Å². The van der Waals surface area contributed by atoms with Crippen LogP contribution in [0.1, 0.15) is 19.8 Å². The highest BCUT2D eigenvalue weighted by atomic mass is 32.1. The number of rotatable bonds is 2. The van der Waals surface area contributed by atoms with Crippen LogP contribution in [0.3, 0.4) is 0 Å². The molecule has 4 nitrogen and oxygen atoms in total. The van der Waals surface area contributed by atoms with Gasteiger partial charge in [-0.2, -0.15) is 0 Å². The molecule has 2 heterocycles. The summed E-state index contributed by atoms with van der Waals surface area (Å²) in [6.07, 6.45) is 2.09. The molecule has 0 aliphatic carbocycles. The Morgan fingerprint density at radius 3 is 3.21 bits per heavy atom. The van der Waals surface area contributed by atoms with Gasteiger partial charge in [-0.3, -0.25) is 4.79 Å². The summed E-state index contributed by atoms with van der Waals surface area (Å²) >= 11 is 1.54. The molecular formula is C9H13N3OS. The predicted octanol–water partition coefficient (Wildman–Crippen LogP) is 1.34. The molecular weight excluding hydrogens is 198 g/mol. The lowest BCUT2D eigenvalue weighted by Gasteiger charge is -2.30. The van der Waals surface area contributed by atoms with Crippen LogP contribution in [0.5, 0.6) is 0 Å². The Morgan fingerprint density at radius 2 is 2.57 bits per heavy atom. The Morgan fingerprint density at radius 1 is 1.71 bits per heavy atom. The van der Waals surface area contributed by atoms with Gasteiger partial charge in [0.2, 0.25) is 5.13 Å². The zero-order chi connectivity index (χ0) is 9.97. The molecule has 0 amide bonds. The summed E-state index contributed by atoms with van der Waals surface area (Å²) in [5.41, 5.74) is 1.73. The molecule has 0 saturated carbocycles. The molecule has 0 N–H and O–H groups in total. The maximum absolute atomic E-state index is 11.3. The molecule has 1 fully saturated rings. The van der Waals surface area contributed by atoms with Crippen LogP contribution in [-0.4, -0.2) is 29.1 Å². The highest BCUT2D eigenvalue weighted by Gasteiger charge is 2.24. The predicted molar refractivity (Wildman–Crippen MR) is 55.5 cm³/mol. The van der Waals surface area contributed by atoms with Crippen LogP contribution in [-0.2, 0) is 4.79 Å². The lowest BCUT2D eigenvalue weighted by Crippen LogP contribution is -2.38. The van der Waals surface area contributed by atoms with E-state index in [-0.39, 0.29) is 5.92 Å². The van der Waals surface area contributed by atoms with Crippen molar-refractivity contribution in [2.45, 2.75) is 19.8 Å². The van der Waals surface area contributed by atoms with Crippen LogP contribution >= 0.6 is 11.3 Å². The standard InChI is InChI=1S/C9H13N3OS/c1-7(13)8-3-2-4-12(5-8)9-11-10-6-14-9/h6,8H,2-5H2,1H3. The number of Topliss-reactive ketones (excluding diaryl/α,β-unsaturated/α-hetero) is 1. The second-order valence-corrected chi connectivity index (χ2v) is 4.43. The second-order valence-electron chi connectivity index (χ2n) is 3.62. The molecule has 0 aromatic carbocycles. The fraction of sp³-hybridized carbons (Fsp3) is 0.667. The Balaban J connectivity index is 2.04. The largest absolute Gasteiger partial charge is 0.346 e. The molecule has 14 heavy (non-hydrogen) atoms. The summed E-state index contributed by atoms with van der Waals surface area (Å²) in [6.45, 7) is 3.48. The van der Waals surface area contributed by atoms with Crippen molar-refractivity contribution in [1.29, 1.82) is 0 Å². The van der Waals surface area contributed by atoms with Gasteiger partial charge in [-0.05, 0) is 19.8 Å². The molecule has 1 aliphatic heterocycles. The van der Waals surface area contributed by atoms with Crippen LogP contribution in [0.25, 0.3) is 0 Å². The average molecular weight is 211 g/mol. The zero-order valence-corrected chi connectivity index (χ0v) is 8.96. The van der Waals surface area contributed by atoms with Gasteiger partial charge in [-0.1, -0.05) is 11.3 Å². The Hall–Kier alpha value is -0.970. The van der Waals surface area contributed by atoms with E-state index in [0.717, 1.165) is 31.1 Å². The number of anilines is 1. The van der Waals surface area contributed by atoms with E-state index < -0.39 is 0 Å². The van der Waals surface area contributed by atoms with E-state index in [9.17, 15) is 4.79 Å². The average Bonchev–Trinajstić information content (AvgIpc) is 2.71. The number of carbonyl (C=O) groups is 1. The van der Waals surface area contributed by atoms with Gasteiger partial charge in [0, 0.05) is 19.0 Å². The van der Waals surface area contributed by atoms with Gasteiger partial charge < -0.3 is 4.90 Å². The Labute approximate surface area is 86.9 Å². The van der Waals surface area contributed by atoms with Gasteiger partial charge in [0.05, 0.1) is 0 Å². The third-order valence-corrected chi connectivity index (χ3v) is 3.37. The quantitative estimate of drug-likeness (QED) is 0.740. The maximum Gasteiger partial charge on any atom is 0.208 e. The monoisotopic (exact) mass is 211 g/mol. The smallest absolute Gasteiger partial charge is 0.208 e. The van der Waals surface area contributed by atoms with E-state index in [4.69, 9.17) is 0 Å². The molecule has 0 bridgehead atoms. The third kappa shape index (κ3) is 1.92. The van der Waals surface area contributed by atoms with Crippen molar-refractivity contribution in [2.75, 3.05) is 18.0 Å². The van der Waals surface area contributed by atoms with E-state index >= 15 is 0 Å². The van der Waals surface area contributed by atoms with Crippen LogP contribution in [0, 0.1) is 5.92 Å². The molecule has 1 unspecified atom stereocenters.